The monoisotopic (exact) mass is 318 g/mol. The number of carbonyl (C=O) groups excluding carboxylic acids is 1. The Balaban J connectivity index is 2.27. The minimum atomic E-state index is -0.456. The lowest BCUT2D eigenvalue weighted by atomic mass is 9.88. The highest BCUT2D eigenvalue weighted by atomic mass is 16.2. The third-order valence-corrected chi connectivity index (χ3v) is 4.69. The molecule has 0 aliphatic rings. The lowest BCUT2D eigenvalue weighted by Crippen LogP contribution is -2.55. The van der Waals surface area contributed by atoms with Crippen LogP contribution in [0.4, 0.5) is 0 Å². The molecule has 2 aromatic rings. The van der Waals surface area contributed by atoms with E-state index in [1.807, 2.05) is 46.3 Å². The van der Waals surface area contributed by atoms with Gasteiger partial charge in [-0.15, -0.1) is 0 Å². The van der Waals surface area contributed by atoms with Crippen LogP contribution in [0.1, 0.15) is 42.6 Å². The Kier molecular flexibility index (Phi) is 4.61. The summed E-state index contributed by atoms with van der Waals surface area (Å²) in [4.78, 5) is 12.5. The summed E-state index contributed by atoms with van der Waals surface area (Å²) in [5.41, 5.74) is 9.35. The van der Waals surface area contributed by atoms with Gasteiger partial charge in [-0.1, -0.05) is 13.8 Å². The Morgan fingerprint density at radius 3 is 2.61 bits per heavy atom. The minimum Gasteiger partial charge on any atom is -0.344 e. The van der Waals surface area contributed by atoms with E-state index in [4.69, 9.17) is 5.73 Å². The fraction of sp³-hybridized carbons (Fsp3) is 0.562. The van der Waals surface area contributed by atoms with Crippen molar-refractivity contribution in [3.8, 4) is 11.3 Å². The molecule has 0 saturated heterocycles. The van der Waals surface area contributed by atoms with Gasteiger partial charge in [-0.2, -0.15) is 10.2 Å². The van der Waals surface area contributed by atoms with Gasteiger partial charge in [0.1, 0.15) is 5.69 Å². The van der Waals surface area contributed by atoms with Crippen LogP contribution in [-0.2, 0) is 7.05 Å². The van der Waals surface area contributed by atoms with Crippen molar-refractivity contribution in [1.82, 2.24) is 25.3 Å². The van der Waals surface area contributed by atoms with E-state index in [1.54, 1.807) is 6.07 Å². The maximum atomic E-state index is 12.5. The molecular weight excluding hydrogens is 292 g/mol. The fourth-order valence-electron chi connectivity index (χ4n) is 2.47. The molecule has 0 aromatic carbocycles. The number of rotatable bonds is 5. The summed E-state index contributed by atoms with van der Waals surface area (Å²) >= 11 is 0. The van der Waals surface area contributed by atoms with Crippen LogP contribution >= 0.6 is 0 Å². The van der Waals surface area contributed by atoms with Crippen molar-refractivity contribution in [2.75, 3.05) is 6.54 Å². The average molecular weight is 318 g/mol. The van der Waals surface area contributed by atoms with E-state index < -0.39 is 5.54 Å². The molecule has 4 N–H and O–H groups in total. The van der Waals surface area contributed by atoms with Crippen molar-refractivity contribution in [3.05, 3.63) is 23.1 Å². The van der Waals surface area contributed by atoms with Crippen LogP contribution in [0.15, 0.2) is 6.07 Å². The van der Waals surface area contributed by atoms with Gasteiger partial charge in [0.15, 0.2) is 0 Å². The molecule has 2 aromatic heterocycles. The SMILES string of the molecule is Cc1nn(C)c(C)c1-c1cc(C(=O)NC(C)(CN)C(C)C)[nH]n1. The molecule has 7 heteroatoms. The standard InChI is InChI=1S/C16H26N6O/c1-9(2)16(5,8-17)18-15(23)13-7-12(19-20-13)14-10(3)21-22(6)11(14)4/h7,9H,8,17H2,1-6H3,(H,18,23)(H,19,20). The molecule has 1 amide bonds. The number of hydrogen-bond acceptors (Lipinski definition) is 4. The molecule has 1 atom stereocenters. The highest BCUT2D eigenvalue weighted by molar-refractivity contribution is 5.94. The quantitative estimate of drug-likeness (QED) is 0.778. The molecular formula is C16H26N6O. The summed E-state index contributed by atoms with van der Waals surface area (Å²) in [6.07, 6.45) is 0. The molecule has 23 heavy (non-hydrogen) atoms. The van der Waals surface area contributed by atoms with Crippen molar-refractivity contribution in [2.24, 2.45) is 18.7 Å². The van der Waals surface area contributed by atoms with Gasteiger partial charge in [0.25, 0.3) is 5.91 Å². The second-order valence-corrected chi connectivity index (χ2v) is 6.57. The molecule has 0 aliphatic heterocycles. The molecule has 0 fully saturated rings. The molecule has 1 unspecified atom stereocenters. The third-order valence-electron chi connectivity index (χ3n) is 4.69. The Labute approximate surface area is 136 Å². The first-order chi connectivity index (χ1) is 10.7. The number of carbonyl (C=O) groups is 1. The molecule has 0 bridgehead atoms. The molecule has 0 aliphatic carbocycles. The number of aryl methyl sites for hydroxylation is 2. The van der Waals surface area contributed by atoms with Gasteiger partial charge in [-0.25, -0.2) is 0 Å². The zero-order valence-corrected chi connectivity index (χ0v) is 14.7. The molecule has 7 nitrogen and oxygen atoms in total. The van der Waals surface area contributed by atoms with Gasteiger partial charge < -0.3 is 11.1 Å². The molecule has 0 saturated carbocycles. The topological polar surface area (TPSA) is 102 Å². The van der Waals surface area contributed by atoms with Crippen molar-refractivity contribution in [3.63, 3.8) is 0 Å². The van der Waals surface area contributed by atoms with Crippen LogP contribution in [0.2, 0.25) is 0 Å². The number of hydrogen-bond donors (Lipinski definition) is 3. The molecule has 126 valence electrons. The number of aromatic nitrogens is 4. The van der Waals surface area contributed by atoms with Crippen LogP contribution in [0.3, 0.4) is 0 Å². The Morgan fingerprint density at radius 2 is 2.13 bits per heavy atom. The first-order valence-corrected chi connectivity index (χ1v) is 7.78. The predicted molar refractivity (Wildman–Crippen MR) is 90.0 cm³/mol. The van der Waals surface area contributed by atoms with Crippen molar-refractivity contribution >= 4 is 5.91 Å². The average Bonchev–Trinajstić information content (AvgIpc) is 3.04. The number of nitrogens with two attached hydrogens (primary N) is 1. The van der Waals surface area contributed by atoms with Gasteiger partial charge in [-0.3, -0.25) is 14.6 Å². The fourth-order valence-corrected chi connectivity index (χ4v) is 2.47. The van der Waals surface area contributed by atoms with E-state index in [0.29, 0.717) is 12.2 Å². The normalized spacial score (nSPS) is 14.1. The highest BCUT2D eigenvalue weighted by Gasteiger charge is 2.29. The first-order valence-electron chi connectivity index (χ1n) is 7.78. The zero-order valence-electron chi connectivity index (χ0n) is 14.7. The molecule has 2 heterocycles. The smallest absolute Gasteiger partial charge is 0.269 e. The number of nitrogens with one attached hydrogen (secondary N) is 2. The summed E-state index contributed by atoms with van der Waals surface area (Å²) in [6.45, 7) is 10.3. The third kappa shape index (κ3) is 3.14. The van der Waals surface area contributed by atoms with Gasteiger partial charge in [-0.05, 0) is 32.8 Å². The van der Waals surface area contributed by atoms with Gasteiger partial charge in [0.2, 0.25) is 0 Å². The molecule has 0 spiro atoms. The lowest BCUT2D eigenvalue weighted by molar-refractivity contribution is 0.0878. The highest BCUT2D eigenvalue weighted by Crippen LogP contribution is 2.25. The van der Waals surface area contributed by atoms with Crippen molar-refractivity contribution in [2.45, 2.75) is 40.2 Å². The first kappa shape index (κ1) is 17.2. The maximum Gasteiger partial charge on any atom is 0.269 e. The van der Waals surface area contributed by atoms with Gasteiger partial charge in [0.05, 0.1) is 16.9 Å². The summed E-state index contributed by atoms with van der Waals surface area (Å²) < 4.78 is 1.81. The zero-order chi connectivity index (χ0) is 17.4. The van der Waals surface area contributed by atoms with E-state index in [9.17, 15) is 4.79 Å². The van der Waals surface area contributed by atoms with Crippen LogP contribution < -0.4 is 11.1 Å². The summed E-state index contributed by atoms with van der Waals surface area (Å²) in [5, 5.41) is 14.5. The van der Waals surface area contributed by atoms with Gasteiger partial charge in [0, 0.05) is 24.8 Å². The van der Waals surface area contributed by atoms with E-state index in [-0.39, 0.29) is 11.8 Å². The van der Waals surface area contributed by atoms with Crippen molar-refractivity contribution in [1.29, 1.82) is 0 Å². The number of amides is 1. The van der Waals surface area contributed by atoms with E-state index in [0.717, 1.165) is 22.6 Å². The predicted octanol–water partition coefficient (Wildman–Crippen LogP) is 1.53. The minimum absolute atomic E-state index is 0.204. The largest absolute Gasteiger partial charge is 0.344 e. The Hall–Kier alpha value is -2.15. The van der Waals surface area contributed by atoms with Crippen LogP contribution in [0, 0.1) is 19.8 Å². The maximum absolute atomic E-state index is 12.5. The van der Waals surface area contributed by atoms with Crippen LogP contribution in [0.25, 0.3) is 11.3 Å². The van der Waals surface area contributed by atoms with Crippen LogP contribution in [-0.4, -0.2) is 38.0 Å². The number of H-pyrrole nitrogens is 1. The Morgan fingerprint density at radius 1 is 1.48 bits per heavy atom. The second kappa shape index (κ2) is 6.16. The number of nitrogens with zero attached hydrogens (tertiary/aromatic N) is 3. The Bertz CT molecular complexity index is 714. The van der Waals surface area contributed by atoms with E-state index in [2.05, 4.69) is 20.6 Å². The van der Waals surface area contributed by atoms with Gasteiger partial charge >= 0.3 is 0 Å². The summed E-state index contributed by atoms with van der Waals surface area (Å²) in [5.74, 6) is 0.0197. The lowest BCUT2D eigenvalue weighted by Gasteiger charge is -2.33. The van der Waals surface area contributed by atoms with Crippen molar-refractivity contribution < 1.29 is 4.79 Å². The van der Waals surface area contributed by atoms with E-state index in [1.165, 1.54) is 0 Å². The van der Waals surface area contributed by atoms with E-state index >= 15 is 0 Å². The number of aromatic amines is 1. The summed E-state index contributed by atoms with van der Waals surface area (Å²) in [7, 11) is 1.89. The summed E-state index contributed by atoms with van der Waals surface area (Å²) in [6, 6.07) is 1.75. The molecule has 0 radical (unpaired) electrons. The molecule has 2 rings (SSSR count). The second-order valence-electron chi connectivity index (χ2n) is 6.57. The van der Waals surface area contributed by atoms with Crippen LogP contribution in [0.5, 0.6) is 0 Å².